The molecule has 1 aromatic carbocycles. The Bertz CT molecular complexity index is 775. The highest BCUT2D eigenvalue weighted by atomic mass is 35.5. The van der Waals surface area contributed by atoms with Crippen molar-refractivity contribution in [1.82, 2.24) is 10.3 Å². The Morgan fingerprint density at radius 2 is 1.85 bits per heavy atom. The van der Waals surface area contributed by atoms with Gasteiger partial charge in [0.25, 0.3) is 0 Å². The van der Waals surface area contributed by atoms with Gasteiger partial charge in [-0.3, -0.25) is 4.98 Å². The average Bonchev–Trinajstić information content (AvgIpc) is 2.55. The molecule has 1 aromatic heterocycles. The quantitative estimate of drug-likeness (QED) is 0.780. The summed E-state index contributed by atoms with van der Waals surface area (Å²) in [6.07, 6.45) is 7.00. The van der Waals surface area contributed by atoms with Crippen molar-refractivity contribution in [3.05, 3.63) is 35.6 Å². The number of hydrogen-bond acceptors (Lipinski definition) is 4. The number of nitrogens with zero attached hydrogens (tertiary/aromatic N) is 1. The number of aromatic nitrogens is 1. The lowest BCUT2D eigenvalue weighted by Gasteiger charge is -2.31. The average molecular weight is 376 g/mol. The molecule has 26 heavy (non-hydrogen) atoms. The number of fused-ring (bicyclic) bond motifs is 1. The van der Waals surface area contributed by atoms with Crippen LogP contribution in [0.2, 0.25) is 5.02 Å². The van der Waals surface area contributed by atoms with Gasteiger partial charge in [0.05, 0.1) is 5.02 Å². The predicted octanol–water partition coefficient (Wildman–Crippen LogP) is 5.14. The molecule has 0 spiro atoms. The number of alkyl carbamates (subject to hydrolysis) is 1. The van der Waals surface area contributed by atoms with Crippen molar-refractivity contribution < 1.29 is 9.53 Å². The third-order valence-electron chi connectivity index (χ3n) is 4.54. The van der Waals surface area contributed by atoms with Crippen LogP contribution in [0.5, 0.6) is 0 Å². The van der Waals surface area contributed by atoms with Gasteiger partial charge in [-0.05, 0) is 52.5 Å². The van der Waals surface area contributed by atoms with Crippen LogP contribution in [0.25, 0.3) is 10.8 Å². The number of nitrogens with one attached hydrogen (secondary N) is 2. The van der Waals surface area contributed by atoms with Crippen LogP contribution in [-0.2, 0) is 4.74 Å². The van der Waals surface area contributed by atoms with Gasteiger partial charge >= 0.3 is 6.09 Å². The summed E-state index contributed by atoms with van der Waals surface area (Å²) in [6.45, 7) is 5.62. The highest BCUT2D eigenvalue weighted by molar-refractivity contribution is 6.36. The lowest BCUT2D eigenvalue weighted by atomic mass is 9.91. The molecule has 140 valence electrons. The molecule has 6 heteroatoms. The van der Waals surface area contributed by atoms with Crippen molar-refractivity contribution in [2.45, 2.75) is 64.1 Å². The minimum Gasteiger partial charge on any atom is -0.444 e. The van der Waals surface area contributed by atoms with Crippen LogP contribution in [0.3, 0.4) is 0 Å². The van der Waals surface area contributed by atoms with E-state index in [2.05, 4.69) is 21.7 Å². The third kappa shape index (κ3) is 4.79. The van der Waals surface area contributed by atoms with Gasteiger partial charge in [-0.2, -0.15) is 0 Å². The van der Waals surface area contributed by atoms with Crippen LogP contribution in [0.1, 0.15) is 46.5 Å². The molecule has 1 aliphatic rings. The van der Waals surface area contributed by atoms with Crippen LogP contribution in [-0.4, -0.2) is 28.8 Å². The minimum atomic E-state index is -0.467. The fourth-order valence-corrected chi connectivity index (χ4v) is 3.66. The lowest BCUT2D eigenvalue weighted by molar-refractivity contribution is 0.0492. The van der Waals surface area contributed by atoms with Crippen molar-refractivity contribution in [3.8, 4) is 0 Å². The lowest BCUT2D eigenvalue weighted by Crippen LogP contribution is -2.42. The molecule has 5 nitrogen and oxygen atoms in total. The summed E-state index contributed by atoms with van der Waals surface area (Å²) in [5.74, 6) is 0. The number of carbonyl (C=O) groups is 1. The van der Waals surface area contributed by atoms with E-state index < -0.39 is 5.60 Å². The fourth-order valence-electron chi connectivity index (χ4n) is 3.39. The van der Waals surface area contributed by atoms with Crippen LogP contribution in [0, 0.1) is 0 Å². The second-order valence-electron chi connectivity index (χ2n) is 7.86. The number of benzene rings is 1. The zero-order valence-electron chi connectivity index (χ0n) is 15.5. The number of ether oxygens (including phenoxy) is 1. The van der Waals surface area contributed by atoms with E-state index in [0.29, 0.717) is 11.1 Å². The molecule has 2 N–H and O–H groups in total. The summed E-state index contributed by atoms with van der Waals surface area (Å²) in [5.41, 5.74) is 0.573. The van der Waals surface area contributed by atoms with E-state index in [1.54, 1.807) is 6.20 Å². The molecule has 1 heterocycles. The monoisotopic (exact) mass is 375 g/mol. The first-order valence-corrected chi connectivity index (χ1v) is 9.48. The summed E-state index contributed by atoms with van der Waals surface area (Å²) in [4.78, 5) is 16.1. The normalized spacial score (nSPS) is 20.6. The van der Waals surface area contributed by atoms with Gasteiger partial charge in [0.1, 0.15) is 5.60 Å². The smallest absolute Gasteiger partial charge is 0.407 e. The van der Waals surface area contributed by atoms with E-state index in [1.165, 1.54) is 0 Å². The number of rotatable bonds is 3. The van der Waals surface area contributed by atoms with Crippen LogP contribution in [0.4, 0.5) is 10.5 Å². The van der Waals surface area contributed by atoms with Gasteiger partial charge in [0.2, 0.25) is 0 Å². The second kappa shape index (κ2) is 7.70. The molecule has 0 atom stereocenters. The van der Waals surface area contributed by atoms with Gasteiger partial charge < -0.3 is 15.4 Å². The third-order valence-corrected chi connectivity index (χ3v) is 4.83. The summed E-state index contributed by atoms with van der Waals surface area (Å²) in [7, 11) is 0. The summed E-state index contributed by atoms with van der Waals surface area (Å²) in [6, 6.07) is 6.61. The molecule has 0 aliphatic heterocycles. The van der Waals surface area contributed by atoms with E-state index in [-0.39, 0.29) is 12.1 Å². The maximum absolute atomic E-state index is 11.9. The van der Waals surface area contributed by atoms with Gasteiger partial charge in [-0.25, -0.2) is 4.79 Å². The maximum atomic E-state index is 11.9. The standard InChI is InChI=1S/C20H26ClN3O2/c1-20(2,3)26-19(25)24-15-9-7-14(8-10-15)23-17-6-4-5-13-11-22-12-16(21)18(13)17/h4-6,11-12,14-15,23H,7-10H2,1-3H3,(H,24,25). The fraction of sp³-hybridized carbons (Fsp3) is 0.500. The van der Waals surface area contributed by atoms with Crippen molar-refractivity contribution in [1.29, 1.82) is 0 Å². The van der Waals surface area contributed by atoms with E-state index in [4.69, 9.17) is 16.3 Å². The topological polar surface area (TPSA) is 63.2 Å². The van der Waals surface area contributed by atoms with Crippen molar-refractivity contribution >= 4 is 34.2 Å². The number of anilines is 1. The van der Waals surface area contributed by atoms with Gasteiger partial charge in [0.15, 0.2) is 0 Å². The Kier molecular flexibility index (Phi) is 5.56. The van der Waals surface area contributed by atoms with Crippen molar-refractivity contribution in [3.63, 3.8) is 0 Å². The second-order valence-corrected chi connectivity index (χ2v) is 8.27. The molecule has 0 unspecified atom stereocenters. The van der Waals surface area contributed by atoms with Crippen LogP contribution < -0.4 is 10.6 Å². The number of pyridine rings is 1. The molecule has 0 saturated heterocycles. The molecule has 2 aromatic rings. The highest BCUT2D eigenvalue weighted by Gasteiger charge is 2.25. The molecular formula is C20H26ClN3O2. The number of hydrogen-bond donors (Lipinski definition) is 2. The Morgan fingerprint density at radius 3 is 2.54 bits per heavy atom. The first-order valence-electron chi connectivity index (χ1n) is 9.10. The van der Waals surface area contributed by atoms with Crippen LogP contribution in [0.15, 0.2) is 30.6 Å². The number of halogens is 1. The molecule has 0 radical (unpaired) electrons. The van der Waals surface area contributed by atoms with Crippen LogP contribution >= 0.6 is 11.6 Å². The van der Waals surface area contributed by atoms with E-state index >= 15 is 0 Å². The summed E-state index contributed by atoms with van der Waals surface area (Å²) >= 11 is 6.35. The molecule has 1 aliphatic carbocycles. The Labute approximate surface area is 159 Å². The zero-order valence-corrected chi connectivity index (χ0v) is 16.3. The summed E-state index contributed by atoms with van der Waals surface area (Å²) < 4.78 is 5.34. The van der Waals surface area contributed by atoms with E-state index in [9.17, 15) is 4.79 Å². The largest absolute Gasteiger partial charge is 0.444 e. The van der Waals surface area contributed by atoms with Gasteiger partial charge in [-0.15, -0.1) is 0 Å². The molecule has 1 saturated carbocycles. The van der Waals surface area contributed by atoms with E-state index in [0.717, 1.165) is 42.1 Å². The SMILES string of the molecule is CC(C)(C)OC(=O)NC1CCC(Nc2cccc3cncc(Cl)c23)CC1. The Hall–Kier alpha value is -2.01. The predicted molar refractivity (Wildman–Crippen MR) is 106 cm³/mol. The zero-order chi connectivity index (χ0) is 18.7. The number of amides is 1. The van der Waals surface area contributed by atoms with E-state index in [1.807, 2.05) is 39.1 Å². The number of carbonyl (C=O) groups excluding carboxylic acids is 1. The first-order chi connectivity index (χ1) is 12.3. The molecule has 3 rings (SSSR count). The molecule has 1 amide bonds. The van der Waals surface area contributed by atoms with Crippen molar-refractivity contribution in [2.75, 3.05) is 5.32 Å². The maximum Gasteiger partial charge on any atom is 0.407 e. The summed E-state index contributed by atoms with van der Waals surface area (Å²) in [5, 5.41) is 9.30. The molecule has 1 fully saturated rings. The highest BCUT2D eigenvalue weighted by Crippen LogP contribution is 2.31. The Balaban J connectivity index is 1.57. The first kappa shape index (κ1) is 18.8. The minimum absolute atomic E-state index is 0.170. The van der Waals surface area contributed by atoms with Crippen molar-refractivity contribution in [2.24, 2.45) is 0 Å². The molecular weight excluding hydrogens is 350 g/mol. The van der Waals surface area contributed by atoms with Gasteiger partial charge in [0, 0.05) is 40.9 Å². The molecule has 0 bridgehead atoms. The van der Waals surface area contributed by atoms with Gasteiger partial charge in [-0.1, -0.05) is 23.7 Å². The Morgan fingerprint density at radius 1 is 1.15 bits per heavy atom.